The van der Waals surface area contributed by atoms with Gasteiger partial charge in [-0.1, -0.05) is 24.3 Å². The van der Waals surface area contributed by atoms with Crippen molar-refractivity contribution in [3.63, 3.8) is 0 Å². The number of hydrogen-bond donors (Lipinski definition) is 0. The molecule has 4 aromatic rings. The molecule has 0 atom stereocenters. The molecule has 2 aromatic carbocycles. The van der Waals surface area contributed by atoms with Crippen LogP contribution in [0.15, 0.2) is 78.0 Å². The number of rotatable bonds is 8. The van der Waals surface area contributed by atoms with E-state index in [1.807, 2.05) is 24.3 Å². The van der Waals surface area contributed by atoms with Crippen LogP contribution in [0.5, 0.6) is 0 Å². The van der Waals surface area contributed by atoms with Crippen LogP contribution in [0.25, 0.3) is 10.8 Å². The van der Waals surface area contributed by atoms with Crippen LogP contribution in [0.4, 0.5) is 19.0 Å². The number of aromatic nitrogens is 2. The molecule has 11 heteroatoms. The maximum absolute atomic E-state index is 14.1. The molecule has 1 aliphatic carbocycles. The van der Waals surface area contributed by atoms with E-state index < -0.39 is 27.7 Å². The summed E-state index contributed by atoms with van der Waals surface area (Å²) in [6.07, 6.45) is -0.573. The number of hydrogen-bond acceptors (Lipinski definition) is 6. The third kappa shape index (κ3) is 5.44. The van der Waals surface area contributed by atoms with Crippen LogP contribution < -0.4 is 4.31 Å². The van der Waals surface area contributed by atoms with E-state index >= 15 is 0 Å². The lowest BCUT2D eigenvalue weighted by atomic mass is 10.0. The third-order valence-electron chi connectivity index (χ3n) is 6.45. The van der Waals surface area contributed by atoms with Crippen molar-refractivity contribution in [2.75, 3.05) is 10.9 Å². The van der Waals surface area contributed by atoms with Crippen LogP contribution in [-0.4, -0.2) is 31.0 Å². The first-order valence-electron chi connectivity index (χ1n) is 12.3. The molecule has 7 nitrogen and oxygen atoms in total. The smallest absolute Gasteiger partial charge is 0.417 e. The highest BCUT2D eigenvalue weighted by Crippen LogP contribution is 2.47. The molecule has 2 aromatic heterocycles. The quantitative estimate of drug-likeness (QED) is 0.244. The first kappa shape index (κ1) is 26.6. The molecule has 0 N–H and O–H groups in total. The summed E-state index contributed by atoms with van der Waals surface area (Å²) in [6.45, 7) is 1.49. The van der Waals surface area contributed by atoms with Crippen molar-refractivity contribution in [1.82, 2.24) is 9.97 Å². The fourth-order valence-corrected chi connectivity index (χ4v) is 5.77. The molecule has 0 spiro atoms. The lowest BCUT2D eigenvalue weighted by Gasteiger charge is -2.26. The Balaban J connectivity index is 1.62. The minimum absolute atomic E-state index is 0.100. The summed E-state index contributed by atoms with van der Waals surface area (Å²) in [5, 5.41) is 1.72. The molecule has 39 heavy (non-hydrogen) atoms. The number of carbonyl (C=O) groups is 1. The molecule has 0 unspecified atom stereocenters. The zero-order valence-electron chi connectivity index (χ0n) is 20.9. The molecular formula is C28H24F3N3O4S. The second-order valence-electron chi connectivity index (χ2n) is 9.15. The van der Waals surface area contributed by atoms with E-state index in [9.17, 15) is 26.4 Å². The van der Waals surface area contributed by atoms with E-state index in [4.69, 9.17) is 4.74 Å². The molecule has 0 aliphatic heterocycles. The van der Waals surface area contributed by atoms with Gasteiger partial charge in [0.05, 0.1) is 34.9 Å². The molecule has 202 valence electrons. The Morgan fingerprint density at radius 3 is 2.33 bits per heavy atom. The van der Waals surface area contributed by atoms with Gasteiger partial charge in [0.1, 0.15) is 5.82 Å². The summed E-state index contributed by atoms with van der Waals surface area (Å²) in [5.74, 6) is -0.283. The van der Waals surface area contributed by atoms with Gasteiger partial charge in [0.25, 0.3) is 10.0 Å². The predicted octanol–water partition coefficient (Wildman–Crippen LogP) is 6.10. The first-order chi connectivity index (χ1) is 18.6. The summed E-state index contributed by atoms with van der Waals surface area (Å²) >= 11 is 0. The number of sulfonamides is 1. The zero-order chi connectivity index (χ0) is 27.8. The van der Waals surface area contributed by atoms with Crippen LogP contribution in [0, 0.1) is 0 Å². The highest BCUT2D eigenvalue weighted by atomic mass is 32.2. The van der Waals surface area contributed by atoms with Crippen molar-refractivity contribution >= 4 is 32.6 Å². The van der Waals surface area contributed by atoms with E-state index in [2.05, 4.69) is 9.97 Å². The van der Waals surface area contributed by atoms with Crippen molar-refractivity contribution in [2.45, 2.75) is 43.3 Å². The Kier molecular flexibility index (Phi) is 7.02. The molecule has 1 fully saturated rings. The van der Waals surface area contributed by atoms with Gasteiger partial charge in [-0.25, -0.2) is 22.5 Å². The second kappa shape index (κ2) is 10.3. The highest BCUT2D eigenvalue weighted by Gasteiger charge is 2.36. The zero-order valence-corrected chi connectivity index (χ0v) is 21.7. The summed E-state index contributed by atoms with van der Waals surface area (Å²) in [5.41, 5.74) is 0.144. The molecule has 0 radical (unpaired) electrons. The normalized spacial score (nSPS) is 13.8. The average Bonchev–Trinajstić information content (AvgIpc) is 3.76. The Morgan fingerprint density at radius 1 is 1.00 bits per heavy atom. The van der Waals surface area contributed by atoms with Crippen molar-refractivity contribution in [2.24, 2.45) is 0 Å². The van der Waals surface area contributed by atoms with Gasteiger partial charge in [0.2, 0.25) is 0 Å². The summed E-state index contributed by atoms with van der Waals surface area (Å²) < 4.78 is 73.5. The maximum atomic E-state index is 14.1. The Hall–Kier alpha value is -3.99. The number of carbonyl (C=O) groups excluding carboxylic acids is 1. The van der Waals surface area contributed by atoms with Crippen LogP contribution >= 0.6 is 0 Å². The van der Waals surface area contributed by atoms with Gasteiger partial charge in [-0.15, -0.1) is 0 Å². The minimum Gasteiger partial charge on any atom is -0.462 e. The number of benzene rings is 2. The third-order valence-corrected chi connectivity index (χ3v) is 8.20. The van der Waals surface area contributed by atoms with Gasteiger partial charge >= 0.3 is 12.1 Å². The number of esters is 1. The molecule has 5 rings (SSSR count). The van der Waals surface area contributed by atoms with Crippen LogP contribution in [0.1, 0.15) is 52.9 Å². The molecular weight excluding hydrogens is 531 g/mol. The Morgan fingerprint density at radius 2 is 1.72 bits per heavy atom. The highest BCUT2D eigenvalue weighted by molar-refractivity contribution is 7.92. The fourth-order valence-electron chi connectivity index (χ4n) is 4.36. The summed E-state index contributed by atoms with van der Waals surface area (Å²) in [4.78, 5) is 20.4. The van der Waals surface area contributed by atoms with Gasteiger partial charge in [0.15, 0.2) is 0 Å². The van der Waals surface area contributed by atoms with Gasteiger partial charge < -0.3 is 4.74 Å². The maximum Gasteiger partial charge on any atom is 0.417 e. The van der Waals surface area contributed by atoms with Gasteiger partial charge in [-0.2, -0.15) is 13.2 Å². The fraction of sp³-hybridized carbons (Fsp3) is 0.250. The standard InChI is InChI=1S/C28H24F3N3O4S/c1-2-38-27(35)19-9-13-23(14-10-19)39(36,37)34(17-22-12-11-21(16-32-22)28(29,30)31)26-25(18-7-8-18)24-6-4-3-5-20(24)15-33-26/h3-6,9-16,18H,2,7-8,17H2,1H3. The number of halogens is 3. The SMILES string of the molecule is CCOC(=O)c1ccc(S(=O)(=O)N(Cc2ccc(C(F)(F)F)cn2)c2ncc3ccccc3c2C2CC2)cc1. The van der Waals surface area contributed by atoms with Gasteiger partial charge in [-0.05, 0) is 67.5 Å². The first-order valence-corrected chi connectivity index (χ1v) is 13.7. The second-order valence-corrected chi connectivity index (χ2v) is 11.0. The molecule has 0 saturated heterocycles. The van der Waals surface area contributed by atoms with Crippen LogP contribution in [0.2, 0.25) is 0 Å². The van der Waals surface area contributed by atoms with Gasteiger partial charge in [-0.3, -0.25) is 4.98 Å². The lowest BCUT2D eigenvalue weighted by molar-refractivity contribution is -0.137. The van der Waals surface area contributed by atoms with Crippen molar-refractivity contribution in [1.29, 1.82) is 0 Å². The summed E-state index contributed by atoms with van der Waals surface area (Å²) in [7, 11) is -4.29. The number of fused-ring (bicyclic) bond motifs is 1. The predicted molar refractivity (Wildman–Crippen MR) is 139 cm³/mol. The monoisotopic (exact) mass is 555 g/mol. The summed E-state index contributed by atoms with van der Waals surface area (Å²) in [6, 6.07) is 14.9. The van der Waals surface area contributed by atoms with Crippen molar-refractivity contribution in [3.05, 3.63) is 95.4 Å². The van der Waals surface area contributed by atoms with E-state index in [1.165, 1.54) is 24.3 Å². The molecule has 1 saturated carbocycles. The van der Waals surface area contributed by atoms with E-state index in [0.29, 0.717) is 6.20 Å². The number of alkyl halides is 3. The van der Waals surface area contributed by atoms with E-state index in [1.54, 1.807) is 13.1 Å². The van der Waals surface area contributed by atoms with Crippen LogP contribution in [0.3, 0.4) is 0 Å². The Bertz CT molecular complexity index is 1620. The van der Waals surface area contributed by atoms with Gasteiger partial charge in [0, 0.05) is 23.3 Å². The topological polar surface area (TPSA) is 89.5 Å². The van der Waals surface area contributed by atoms with Crippen molar-refractivity contribution in [3.8, 4) is 0 Å². The van der Waals surface area contributed by atoms with Crippen molar-refractivity contribution < 1.29 is 31.1 Å². The van der Waals surface area contributed by atoms with E-state index in [-0.39, 0.29) is 41.0 Å². The molecule has 2 heterocycles. The number of ether oxygens (including phenoxy) is 1. The Labute approximate surface area is 223 Å². The molecule has 1 aliphatic rings. The largest absolute Gasteiger partial charge is 0.462 e. The lowest BCUT2D eigenvalue weighted by Crippen LogP contribution is -2.32. The minimum atomic E-state index is -4.57. The van der Waals surface area contributed by atoms with E-state index in [0.717, 1.165) is 45.6 Å². The average molecular weight is 556 g/mol. The number of pyridine rings is 2. The van der Waals surface area contributed by atoms with Crippen LogP contribution in [-0.2, 0) is 27.5 Å². The molecule has 0 amide bonds. The molecule has 0 bridgehead atoms. The number of nitrogens with zero attached hydrogens (tertiary/aromatic N) is 3. The number of anilines is 1.